The number of anilines is 3. The Morgan fingerprint density at radius 1 is 1.22 bits per heavy atom. The molecule has 0 aliphatic heterocycles. The number of nitrogens with zero attached hydrogens (tertiary/aromatic N) is 1. The van der Waals surface area contributed by atoms with Gasteiger partial charge in [-0.2, -0.15) is 0 Å². The molecule has 8 heteroatoms. The number of hydrogen-bond acceptors (Lipinski definition) is 5. The summed E-state index contributed by atoms with van der Waals surface area (Å²) in [4.78, 5) is 21.5. The van der Waals surface area contributed by atoms with E-state index in [0.29, 0.717) is 17.1 Å². The van der Waals surface area contributed by atoms with E-state index in [1.54, 1.807) is 18.2 Å². The third-order valence-electron chi connectivity index (χ3n) is 2.95. The van der Waals surface area contributed by atoms with Crippen molar-refractivity contribution in [2.75, 3.05) is 17.7 Å². The van der Waals surface area contributed by atoms with E-state index in [1.807, 2.05) is 0 Å². The molecule has 2 N–H and O–H groups in total. The number of benzene rings is 2. The van der Waals surface area contributed by atoms with Crippen molar-refractivity contribution in [3.63, 3.8) is 0 Å². The van der Waals surface area contributed by atoms with Crippen LogP contribution in [-0.4, -0.2) is 17.9 Å². The minimum atomic E-state index is -0.698. The molecule has 2 aromatic rings. The molecule has 2 aromatic carbocycles. The van der Waals surface area contributed by atoms with Crippen LogP contribution in [0.3, 0.4) is 0 Å². The smallest absolute Gasteiger partial charge is 0.295 e. The molecule has 0 aliphatic carbocycles. The lowest BCUT2D eigenvalue weighted by molar-refractivity contribution is -0.384. The van der Waals surface area contributed by atoms with Crippen LogP contribution in [0.1, 0.15) is 6.92 Å². The fourth-order valence-corrected chi connectivity index (χ4v) is 1.99. The van der Waals surface area contributed by atoms with Crippen LogP contribution in [0.15, 0.2) is 36.4 Å². The maximum Gasteiger partial charge on any atom is 0.295 e. The number of hydrogen-bond donors (Lipinski definition) is 2. The highest BCUT2D eigenvalue weighted by atomic mass is 19.1. The Balaban J connectivity index is 2.37. The molecule has 0 atom stereocenters. The van der Waals surface area contributed by atoms with E-state index >= 15 is 0 Å². The first-order valence-electron chi connectivity index (χ1n) is 6.57. The first kappa shape index (κ1) is 16.2. The average molecular weight is 319 g/mol. The molecule has 0 aromatic heterocycles. The highest BCUT2D eigenvalue weighted by molar-refractivity contribution is 5.91. The van der Waals surface area contributed by atoms with Gasteiger partial charge in [0.25, 0.3) is 5.69 Å². The fourth-order valence-electron chi connectivity index (χ4n) is 1.99. The van der Waals surface area contributed by atoms with Crippen LogP contribution in [0.5, 0.6) is 5.75 Å². The maximum atomic E-state index is 13.2. The van der Waals surface area contributed by atoms with E-state index in [4.69, 9.17) is 4.74 Å². The molecule has 0 saturated heterocycles. The third-order valence-corrected chi connectivity index (χ3v) is 2.95. The molecule has 0 heterocycles. The Morgan fingerprint density at radius 3 is 2.57 bits per heavy atom. The number of nitro benzene ring substituents is 1. The summed E-state index contributed by atoms with van der Waals surface area (Å²) in [5.74, 6) is -0.538. The van der Waals surface area contributed by atoms with Gasteiger partial charge in [-0.25, -0.2) is 4.39 Å². The summed E-state index contributed by atoms with van der Waals surface area (Å²) in [6.45, 7) is 1.35. The minimum Gasteiger partial charge on any atom is -0.495 e. The average Bonchev–Trinajstić information content (AvgIpc) is 2.48. The molecule has 120 valence electrons. The zero-order valence-corrected chi connectivity index (χ0v) is 12.4. The van der Waals surface area contributed by atoms with Gasteiger partial charge in [-0.1, -0.05) is 0 Å². The van der Waals surface area contributed by atoms with Gasteiger partial charge in [-0.3, -0.25) is 14.9 Å². The number of nitrogens with one attached hydrogen (secondary N) is 2. The van der Waals surface area contributed by atoms with E-state index in [-0.39, 0.29) is 17.3 Å². The van der Waals surface area contributed by atoms with Gasteiger partial charge in [-0.15, -0.1) is 0 Å². The zero-order chi connectivity index (χ0) is 17.0. The number of carbonyl (C=O) groups is 1. The van der Waals surface area contributed by atoms with Crippen LogP contribution in [0.2, 0.25) is 0 Å². The second-order valence-electron chi connectivity index (χ2n) is 4.64. The lowest BCUT2D eigenvalue weighted by atomic mass is 10.2. The second kappa shape index (κ2) is 6.73. The van der Waals surface area contributed by atoms with Crippen molar-refractivity contribution < 1.29 is 18.8 Å². The van der Waals surface area contributed by atoms with Crippen molar-refractivity contribution >= 4 is 28.7 Å². The Bertz CT molecular complexity index is 764. The predicted octanol–water partition coefficient (Wildman–Crippen LogP) is 3.44. The molecular formula is C15H14FN3O4. The van der Waals surface area contributed by atoms with E-state index in [0.717, 1.165) is 12.1 Å². The van der Waals surface area contributed by atoms with Crippen molar-refractivity contribution in [1.29, 1.82) is 0 Å². The maximum absolute atomic E-state index is 13.2. The van der Waals surface area contributed by atoms with Crippen molar-refractivity contribution in [3.05, 3.63) is 52.3 Å². The summed E-state index contributed by atoms with van der Waals surface area (Å²) in [6, 6.07) is 8.01. The fraction of sp³-hybridized carbons (Fsp3) is 0.133. The third kappa shape index (κ3) is 3.94. The summed E-state index contributed by atoms with van der Waals surface area (Å²) in [5, 5.41) is 16.4. The van der Waals surface area contributed by atoms with Gasteiger partial charge in [0.1, 0.15) is 17.3 Å². The largest absolute Gasteiger partial charge is 0.495 e. The Morgan fingerprint density at radius 2 is 1.96 bits per heavy atom. The lowest BCUT2D eigenvalue weighted by Crippen LogP contribution is -2.07. The standard InChI is InChI=1S/C15H14FN3O4/c1-9(20)17-13-8-11(4-6-15(13)23-2)18-12-5-3-10(16)7-14(12)19(21)22/h3-8,18H,1-2H3,(H,17,20). The second-order valence-corrected chi connectivity index (χ2v) is 4.64. The molecule has 0 spiro atoms. The molecule has 1 amide bonds. The monoisotopic (exact) mass is 319 g/mol. The zero-order valence-electron chi connectivity index (χ0n) is 12.4. The van der Waals surface area contributed by atoms with Crippen LogP contribution in [0.4, 0.5) is 27.1 Å². The van der Waals surface area contributed by atoms with Crippen molar-refractivity contribution in [2.45, 2.75) is 6.92 Å². The molecule has 0 unspecified atom stereocenters. The Kier molecular flexibility index (Phi) is 4.75. The van der Waals surface area contributed by atoms with Crippen LogP contribution in [0.25, 0.3) is 0 Å². The molecule has 23 heavy (non-hydrogen) atoms. The predicted molar refractivity (Wildman–Crippen MR) is 83.6 cm³/mol. The van der Waals surface area contributed by atoms with Gasteiger partial charge in [-0.05, 0) is 30.3 Å². The highest BCUT2D eigenvalue weighted by Crippen LogP contribution is 2.32. The normalized spacial score (nSPS) is 10.0. The van der Waals surface area contributed by atoms with Crippen LogP contribution >= 0.6 is 0 Å². The van der Waals surface area contributed by atoms with E-state index in [9.17, 15) is 19.3 Å². The summed E-state index contributed by atoms with van der Waals surface area (Å²) < 4.78 is 18.3. The number of methoxy groups -OCH3 is 1. The molecule has 0 aliphatic rings. The number of nitro groups is 1. The van der Waals surface area contributed by atoms with Crippen molar-refractivity contribution in [3.8, 4) is 5.75 Å². The van der Waals surface area contributed by atoms with Gasteiger partial charge in [0, 0.05) is 12.6 Å². The van der Waals surface area contributed by atoms with Crippen LogP contribution in [0, 0.1) is 15.9 Å². The van der Waals surface area contributed by atoms with Crippen LogP contribution in [-0.2, 0) is 4.79 Å². The molecule has 0 radical (unpaired) electrons. The molecule has 0 bridgehead atoms. The first-order valence-corrected chi connectivity index (χ1v) is 6.57. The quantitative estimate of drug-likeness (QED) is 0.650. The van der Waals surface area contributed by atoms with Gasteiger partial charge in [0.05, 0.1) is 23.8 Å². The van der Waals surface area contributed by atoms with E-state index in [2.05, 4.69) is 10.6 Å². The van der Waals surface area contributed by atoms with Crippen molar-refractivity contribution in [1.82, 2.24) is 0 Å². The van der Waals surface area contributed by atoms with Crippen molar-refractivity contribution in [2.24, 2.45) is 0 Å². The van der Waals surface area contributed by atoms with E-state index in [1.165, 1.54) is 20.1 Å². The molecule has 2 rings (SSSR count). The van der Waals surface area contributed by atoms with Gasteiger partial charge < -0.3 is 15.4 Å². The summed E-state index contributed by atoms with van der Waals surface area (Å²) >= 11 is 0. The number of amides is 1. The molecule has 0 fully saturated rings. The highest BCUT2D eigenvalue weighted by Gasteiger charge is 2.15. The van der Waals surface area contributed by atoms with Crippen LogP contribution < -0.4 is 15.4 Å². The molecular weight excluding hydrogens is 305 g/mol. The Hall–Kier alpha value is -3.16. The van der Waals surface area contributed by atoms with Gasteiger partial charge >= 0.3 is 0 Å². The van der Waals surface area contributed by atoms with E-state index < -0.39 is 10.7 Å². The SMILES string of the molecule is COc1ccc(Nc2ccc(F)cc2[N+](=O)[O-])cc1NC(C)=O. The number of rotatable bonds is 5. The summed E-state index contributed by atoms with van der Waals surface area (Å²) in [6.07, 6.45) is 0. The number of ether oxygens (including phenoxy) is 1. The number of halogens is 1. The summed E-state index contributed by atoms with van der Waals surface area (Å²) in [7, 11) is 1.46. The van der Waals surface area contributed by atoms with Gasteiger partial charge in [0.2, 0.25) is 5.91 Å². The molecule has 7 nitrogen and oxygen atoms in total. The van der Waals surface area contributed by atoms with Gasteiger partial charge in [0.15, 0.2) is 0 Å². The minimum absolute atomic E-state index is 0.135. The molecule has 0 saturated carbocycles. The lowest BCUT2D eigenvalue weighted by Gasteiger charge is -2.12. The first-order chi connectivity index (χ1) is 10.9. The number of carbonyl (C=O) groups excluding carboxylic acids is 1. The summed E-state index contributed by atoms with van der Waals surface area (Å²) in [5.41, 5.74) is 0.635. The topological polar surface area (TPSA) is 93.5 Å². The Labute approximate surface area is 131 Å².